The second-order valence-electron chi connectivity index (χ2n) is 9.37. The molecule has 3 nitrogen and oxygen atoms in total. The van der Waals surface area contributed by atoms with E-state index < -0.39 is 5.97 Å². The van der Waals surface area contributed by atoms with Crippen molar-refractivity contribution in [1.29, 1.82) is 0 Å². The van der Waals surface area contributed by atoms with Gasteiger partial charge in [-0.2, -0.15) is 0 Å². The van der Waals surface area contributed by atoms with Crippen LogP contribution in [0.2, 0.25) is 0 Å². The first-order valence-electron chi connectivity index (χ1n) is 10.3. The maximum Gasteiger partial charge on any atom is 0.309 e. The van der Waals surface area contributed by atoms with Crippen LogP contribution in [0.4, 0.5) is 0 Å². The molecular weight excluding hydrogens is 324 g/mol. The normalized spacial score (nSPS) is 15.8. The summed E-state index contributed by atoms with van der Waals surface area (Å²) in [5.41, 5.74) is 2.64. The SMILES string of the molecule is CC(C)(C)CCCCc1ccc(O)cc1CCCCCC1(C(=O)O)CC1. The van der Waals surface area contributed by atoms with Gasteiger partial charge in [0.1, 0.15) is 5.75 Å². The van der Waals surface area contributed by atoms with Crippen LogP contribution in [0.25, 0.3) is 0 Å². The van der Waals surface area contributed by atoms with Crippen molar-refractivity contribution >= 4 is 5.97 Å². The summed E-state index contributed by atoms with van der Waals surface area (Å²) in [5, 5.41) is 19.1. The lowest BCUT2D eigenvalue weighted by atomic mass is 9.88. The first kappa shape index (κ1) is 20.8. The van der Waals surface area contributed by atoms with Crippen LogP contribution in [-0.2, 0) is 17.6 Å². The van der Waals surface area contributed by atoms with Crippen LogP contribution in [0.5, 0.6) is 5.75 Å². The molecule has 0 aromatic heterocycles. The van der Waals surface area contributed by atoms with Crippen LogP contribution in [0.1, 0.15) is 89.7 Å². The molecule has 0 amide bonds. The molecule has 1 aromatic carbocycles. The predicted molar refractivity (Wildman–Crippen MR) is 107 cm³/mol. The number of hydrogen-bond donors (Lipinski definition) is 2. The van der Waals surface area contributed by atoms with Gasteiger partial charge in [0.15, 0.2) is 0 Å². The van der Waals surface area contributed by atoms with Crippen molar-refractivity contribution in [3.05, 3.63) is 29.3 Å². The fourth-order valence-corrected chi connectivity index (χ4v) is 3.74. The molecule has 2 N–H and O–H groups in total. The van der Waals surface area contributed by atoms with E-state index in [2.05, 4.69) is 26.8 Å². The molecule has 0 atom stereocenters. The van der Waals surface area contributed by atoms with Crippen molar-refractivity contribution in [3.63, 3.8) is 0 Å². The van der Waals surface area contributed by atoms with Gasteiger partial charge in [0.25, 0.3) is 0 Å². The Balaban J connectivity index is 1.75. The van der Waals surface area contributed by atoms with E-state index in [0.29, 0.717) is 11.2 Å². The summed E-state index contributed by atoms with van der Waals surface area (Å²) >= 11 is 0. The summed E-state index contributed by atoms with van der Waals surface area (Å²) in [7, 11) is 0. The number of unbranched alkanes of at least 4 members (excludes halogenated alkanes) is 3. The number of carboxylic acid groups (broad SMARTS) is 1. The van der Waals surface area contributed by atoms with Crippen LogP contribution in [0.3, 0.4) is 0 Å². The van der Waals surface area contributed by atoms with Gasteiger partial charge in [-0.1, -0.05) is 46.1 Å². The Bertz CT molecular complexity index is 594. The maximum atomic E-state index is 11.2. The number of rotatable bonds is 11. The maximum absolute atomic E-state index is 11.2. The molecule has 1 fully saturated rings. The second-order valence-corrected chi connectivity index (χ2v) is 9.37. The van der Waals surface area contributed by atoms with Gasteiger partial charge in [0, 0.05) is 0 Å². The van der Waals surface area contributed by atoms with Gasteiger partial charge in [-0.05, 0) is 80.0 Å². The molecule has 1 aliphatic rings. The molecule has 26 heavy (non-hydrogen) atoms. The van der Waals surface area contributed by atoms with Gasteiger partial charge in [-0.15, -0.1) is 0 Å². The zero-order chi connectivity index (χ0) is 19.2. The molecule has 0 spiro atoms. The molecule has 0 radical (unpaired) electrons. The number of aryl methyl sites for hydroxylation is 2. The Labute approximate surface area is 158 Å². The molecule has 0 unspecified atom stereocenters. The van der Waals surface area contributed by atoms with Gasteiger partial charge < -0.3 is 10.2 Å². The number of carbonyl (C=O) groups is 1. The largest absolute Gasteiger partial charge is 0.508 e. The first-order valence-corrected chi connectivity index (χ1v) is 10.3. The van der Waals surface area contributed by atoms with E-state index in [-0.39, 0.29) is 5.41 Å². The molecule has 0 aliphatic heterocycles. The highest BCUT2D eigenvalue weighted by atomic mass is 16.4. The van der Waals surface area contributed by atoms with Crippen molar-refractivity contribution < 1.29 is 15.0 Å². The van der Waals surface area contributed by atoms with E-state index in [1.807, 2.05) is 6.07 Å². The third kappa shape index (κ3) is 6.66. The van der Waals surface area contributed by atoms with Crippen LogP contribution >= 0.6 is 0 Å². The highest BCUT2D eigenvalue weighted by Gasteiger charge is 2.49. The Kier molecular flexibility index (Phi) is 7.14. The van der Waals surface area contributed by atoms with E-state index in [9.17, 15) is 15.0 Å². The number of phenolic OH excluding ortho intramolecular Hbond substituents is 1. The van der Waals surface area contributed by atoms with Crippen molar-refractivity contribution in [2.75, 3.05) is 0 Å². The molecule has 0 heterocycles. The van der Waals surface area contributed by atoms with Gasteiger partial charge in [-0.25, -0.2) is 0 Å². The summed E-state index contributed by atoms with van der Waals surface area (Å²) in [6, 6.07) is 5.79. The Morgan fingerprint density at radius 1 is 1.00 bits per heavy atom. The molecule has 146 valence electrons. The molecule has 3 heteroatoms. The third-order valence-corrected chi connectivity index (χ3v) is 5.72. The van der Waals surface area contributed by atoms with Crippen LogP contribution in [0, 0.1) is 10.8 Å². The first-order chi connectivity index (χ1) is 12.2. The molecular formula is C23H36O3. The van der Waals surface area contributed by atoms with Crippen molar-refractivity contribution in [2.45, 2.75) is 91.4 Å². The topological polar surface area (TPSA) is 57.5 Å². The minimum atomic E-state index is -0.608. The minimum Gasteiger partial charge on any atom is -0.508 e. The van der Waals surface area contributed by atoms with Crippen LogP contribution in [0.15, 0.2) is 18.2 Å². The van der Waals surface area contributed by atoms with Crippen LogP contribution in [-0.4, -0.2) is 16.2 Å². The van der Waals surface area contributed by atoms with Gasteiger partial charge in [-0.3, -0.25) is 4.79 Å². The monoisotopic (exact) mass is 360 g/mol. The number of aromatic hydroxyl groups is 1. The minimum absolute atomic E-state index is 0.348. The Morgan fingerprint density at radius 2 is 1.65 bits per heavy atom. The lowest BCUT2D eigenvalue weighted by molar-refractivity contribution is -0.143. The number of benzene rings is 1. The highest BCUT2D eigenvalue weighted by Crippen LogP contribution is 2.50. The number of hydrogen-bond acceptors (Lipinski definition) is 2. The Hall–Kier alpha value is -1.51. The number of carboxylic acids is 1. The number of aliphatic carboxylic acids is 1. The molecule has 2 rings (SSSR count). The summed E-state index contributed by atoms with van der Waals surface area (Å²) < 4.78 is 0. The fourth-order valence-electron chi connectivity index (χ4n) is 3.74. The average molecular weight is 361 g/mol. The van der Waals surface area contributed by atoms with E-state index in [4.69, 9.17) is 0 Å². The van der Waals surface area contributed by atoms with Crippen LogP contribution < -0.4 is 0 Å². The van der Waals surface area contributed by atoms with Gasteiger partial charge >= 0.3 is 5.97 Å². The molecule has 1 saturated carbocycles. The summed E-state index contributed by atoms with van der Waals surface area (Å²) in [6.45, 7) is 6.86. The smallest absolute Gasteiger partial charge is 0.309 e. The molecule has 1 aromatic rings. The number of phenols is 1. The zero-order valence-electron chi connectivity index (χ0n) is 16.8. The third-order valence-electron chi connectivity index (χ3n) is 5.72. The zero-order valence-corrected chi connectivity index (χ0v) is 16.8. The van der Waals surface area contributed by atoms with Crippen molar-refractivity contribution in [1.82, 2.24) is 0 Å². The summed E-state index contributed by atoms with van der Waals surface area (Å²) in [4.78, 5) is 11.2. The van der Waals surface area contributed by atoms with Crippen molar-refractivity contribution in [3.8, 4) is 5.75 Å². The standard InChI is InChI=1S/C23H36O3/c1-22(2,3)13-8-6-9-18-11-12-20(24)17-19(18)10-5-4-7-14-23(15-16-23)21(25)26/h11-12,17,24H,4-10,13-16H2,1-3H3,(H,25,26). The Morgan fingerprint density at radius 3 is 2.27 bits per heavy atom. The lowest BCUT2D eigenvalue weighted by Crippen LogP contribution is -2.14. The van der Waals surface area contributed by atoms with Gasteiger partial charge in [0.2, 0.25) is 0 Å². The van der Waals surface area contributed by atoms with E-state index in [1.54, 1.807) is 6.07 Å². The van der Waals surface area contributed by atoms with E-state index in [0.717, 1.165) is 51.4 Å². The predicted octanol–water partition coefficient (Wildman–Crippen LogP) is 6.12. The van der Waals surface area contributed by atoms with Gasteiger partial charge in [0.05, 0.1) is 5.41 Å². The summed E-state index contributed by atoms with van der Waals surface area (Å²) in [6.07, 6.45) is 11.4. The lowest BCUT2D eigenvalue weighted by Gasteiger charge is -2.18. The quantitative estimate of drug-likeness (QED) is 0.467. The highest BCUT2D eigenvalue weighted by molar-refractivity contribution is 5.77. The molecule has 0 saturated heterocycles. The summed E-state index contributed by atoms with van der Waals surface area (Å²) in [5.74, 6) is -0.260. The average Bonchev–Trinajstić information content (AvgIpc) is 3.33. The van der Waals surface area contributed by atoms with E-state index >= 15 is 0 Å². The fraction of sp³-hybridized carbons (Fsp3) is 0.696. The van der Waals surface area contributed by atoms with E-state index in [1.165, 1.54) is 30.4 Å². The molecule has 1 aliphatic carbocycles. The molecule has 0 bridgehead atoms. The van der Waals surface area contributed by atoms with Crippen molar-refractivity contribution in [2.24, 2.45) is 10.8 Å². The second kappa shape index (κ2) is 8.92.